The number of fused-ring (bicyclic) bond motifs is 1. The van der Waals surface area contributed by atoms with Gasteiger partial charge >= 0.3 is 0 Å². The smallest absolute Gasteiger partial charge is 0.274 e. The molecule has 1 N–H and O–H groups in total. The van der Waals surface area contributed by atoms with Crippen LogP contribution in [0.25, 0.3) is 11.5 Å². The number of carbonyl (C=O) groups excluding carboxylic acids is 2. The number of likely N-dealkylation sites (tertiary alicyclic amines) is 1. The molecule has 4 heterocycles. The van der Waals surface area contributed by atoms with E-state index in [2.05, 4.69) is 10.2 Å². The van der Waals surface area contributed by atoms with Crippen molar-refractivity contribution >= 4 is 11.7 Å². The van der Waals surface area contributed by atoms with Gasteiger partial charge in [0.1, 0.15) is 23.4 Å². The molecule has 0 radical (unpaired) electrons. The lowest BCUT2D eigenvalue weighted by Gasteiger charge is -2.38. The Hall–Kier alpha value is -3.42. The number of carbonyl (C=O) groups is 2. The Bertz CT molecular complexity index is 1090. The number of ketones is 1. The van der Waals surface area contributed by atoms with Crippen LogP contribution in [0.15, 0.2) is 47.1 Å². The Morgan fingerprint density at radius 1 is 1.27 bits per heavy atom. The molecule has 7 nitrogen and oxygen atoms in total. The van der Waals surface area contributed by atoms with Crippen LogP contribution in [0.4, 0.5) is 4.39 Å². The highest BCUT2D eigenvalue weighted by Crippen LogP contribution is 2.34. The minimum absolute atomic E-state index is 0.0216. The topological polar surface area (TPSA) is 88.4 Å². The number of nitrogens with one attached hydrogen (secondary N) is 1. The molecule has 1 amide bonds. The van der Waals surface area contributed by atoms with Gasteiger partial charge in [-0.25, -0.2) is 4.39 Å². The molecule has 1 fully saturated rings. The summed E-state index contributed by atoms with van der Waals surface area (Å²) in [6.07, 6.45) is 3.09. The van der Waals surface area contributed by atoms with Crippen LogP contribution in [0.1, 0.15) is 40.1 Å². The van der Waals surface area contributed by atoms with Gasteiger partial charge in [-0.2, -0.15) is 5.10 Å². The summed E-state index contributed by atoms with van der Waals surface area (Å²) >= 11 is 0. The molecular weight excluding hydrogens is 389 g/mol. The molecule has 0 aliphatic carbocycles. The number of benzene rings is 1. The summed E-state index contributed by atoms with van der Waals surface area (Å²) in [6.45, 7) is 1.11. The largest absolute Gasteiger partial charge is 0.489 e. The highest BCUT2D eigenvalue weighted by Gasteiger charge is 2.36. The first kappa shape index (κ1) is 18.6. The zero-order valence-corrected chi connectivity index (χ0v) is 16.1. The minimum Gasteiger partial charge on any atom is -0.489 e. The van der Waals surface area contributed by atoms with Gasteiger partial charge in [0, 0.05) is 31.5 Å². The second-order valence-electron chi connectivity index (χ2n) is 7.72. The molecule has 2 unspecified atom stereocenters. The van der Waals surface area contributed by atoms with Crippen LogP contribution in [-0.4, -0.2) is 46.0 Å². The minimum atomic E-state index is -0.452. The summed E-state index contributed by atoms with van der Waals surface area (Å²) in [6, 6.07) is 9.25. The highest BCUT2D eigenvalue weighted by atomic mass is 19.1. The van der Waals surface area contributed by atoms with E-state index in [1.807, 2.05) is 0 Å². The molecule has 5 rings (SSSR count). The van der Waals surface area contributed by atoms with E-state index >= 15 is 0 Å². The van der Waals surface area contributed by atoms with Crippen LogP contribution in [0, 0.1) is 11.7 Å². The molecule has 0 spiro atoms. The number of halogens is 1. The van der Waals surface area contributed by atoms with E-state index in [1.165, 1.54) is 18.2 Å². The third kappa shape index (κ3) is 3.38. The fraction of sp³-hybridized carbons (Fsp3) is 0.318. The molecule has 154 valence electrons. The molecule has 30 heavy (non-hydrogen) atoms. The number of piperidine rings is 1. The molecule has 1 saturated heterocycles. The number of Topliss-reactive ketones (excluding diaryl/α,β-unsaturated/α-hetero) is 1. The third-order valence-electron chi connectivity index (χ3n) is 5.76. The highest BCUT2D eigenvalue weighted by molar-refractivity contribution is 6.00. The molecule has 1 aromatic carbocycles. The Labute approximate surface area is 171 Å². The second-order valence-corrected chi connectivity index (χ2v) is 7.72. The summed E-state index contributed by atoms with van der Waals surface area (Å²) in [7, 11) is 0. The first-order valence-corrected chi connectivity index (χ1v) is 9.96. The maximum absolute atomic E-state index is 13.4. The van der Waals surface area contributed by atoms with E-state index in [0.717, 1.165) is 12.8 Å². The molecule has 2 atom stereocenters. The van der Waals surface area contributed by atoms with Crippen molar-refractivity contribution in [3.05, 3.63) is 59.7 Å². The maximum Gasteiger partial charge on any atom is 0.274 e. The Kier molecular flexibility index (Phi) is 4.61. The predicted octanol–water partition coefficient (Wildman–Crippen LogP) is 3.70. The molecule has 8 heteroatoms. The van der Waals surface area contributed by atoms with Gasteiger partial charge in [0.15, 0.2) is 17.2 Å². The van der Waals surface area contributed by atoms with Gasteiger partial charge in [-0.05, 0) is 43.2 Å². The number of aromatic amines is 1. The zero-order chi connectivity index (χ0) is 20.7. The number of H-pyrrole nitrogens is 1. The average Bonchev–Trinajstić information content (AvgIpc) is 3.45. The van der Waals surface area contributed by atoms with Gasteiger partial charge in [-0.15, -0.1) is 0 Å². The summed E-state index contributed by atoms with van der Waals surface area (Å²) in [5.74, 6) is 0.302. The summed E-state index contributed by atoms with van der Waals surface area (Å²) in [5, 5.41) is 6.97. The van der Waals surface area contributed by atoms with Crippen LogP contribution >= 0.6 is 0 Å². The van der Waals surface area contributed by atoms with Crippen molar-refractivity contribution in [2.24, 2.45) is 5.92 Å². The van der Waals surface area contributed by atoms with Crippen LogP contribution in [0.5, 0.6) is 5.75 Å². The number of aromatic nitrogens is 2. The fourth-order valence-corrected chi connectivity index (χ4v) is 4.23. The van der Waals surface area contributed by atoms with E-state index < -0.39 is 5.82 Å². The van der Waals surface area contributed by atoms with E-state index in [0.29, 0.717) is 36.0 Å². The molecule has 2 aliphatic heterocycles. The normalized spacial score (nSPS) is 21.2. The van der Waals surface area contributed by atoms with Crippen LogP contribution in [0.2, 0.25) is 0 Å². The summed E-state index contributed by atoms with van der Waals surface area (Å²) in [5.41, 5.74) is 1.25. The molecule has 2 aromatic heterocycles. The Balaban J connectivity index is 1.30. The first-order chi connectivity index (χ1) is 14.6. The number of rotatable bonds is 3. The molecule has 3 aromatic rings. The number of hydrogen-bond donors (Lipinski definition) is 1. The van der Waals surface area contributed by atoms with Crippen molar-refractivity contribution in [2.45, 2.75) is 25.4 Å². The van der Waals surface area contributed by atoms with Crippen molar-refractivity contribution in [2.75, 3.05) is 13.1 Å². The molecule has 2 aliphatic rings. The number of hydrogen-bond acceptors (Lipinski definition) is 5. The van der Waals surface area contributed by atoms with Crippen LogP contribution in [0.3, 0.4) is 0 Å². The number of amides is 1. The summed E-state index contributed by atoms with van der Waals surface area (Å²) in [4.78, 5) is 27.2. The maximum atomic E-state index is 13.4. The van der Waals surface area contributed by atoms with E-state index in [-0.39, 0.29) is 35.7 Å². The molecule has 0 bridgehead atoms. The van der Waals surface area contributed by atoms with Gasteiger partial charge in [-0.3, -0.25) is 14.7 Å². The average molecular weight is 409 g/mol. The van der Waals surface area contributed by atoms with Gasteiger partial charge < -0.3 is 14.1 Å². The zero-order valence-electron chi connectivity index (χ0n) is 16.1. The van der Waals surface area contributed by atoms with E-state index in [9.17, 15) is 14.0 Å². The van der Waals surface area contributed by atoms with Crippen molar-refractivity contribution in [1.29, 1.82) is 0 Å². The third-order valence-corrected chi connectivity index (χ3v) is 5.76. The van der Waals surface area contributed by atoms with Gasteiger partial charge in [0.05, 0.1) is 11.8 Å². The van der Waals surface area contributed by atoms with E-state index in [4.69, 9.17) is 9.15 Å². The fourth-order valence-electron chi connectivity index (χ4n) is 4.23. The summed E-state index contributed by atoms with van der Waals surface area (Å²) < 4.78 is 24.8. The number of nitrogens with zero attached hydrogens (tertiary/aromatic N) is 2. The Morgan fingerprint density at radius 2 is 2.17 bits per heavy atom. The molecular formula is C22H20FN3O4. The first-order valence-electron chi connectivity index (χ1n) is 9.96. The van der Waals surface area contributed by atoms with Crippen LogP contribution in [-0.2, 0) is 0 Å². The lowest BCUT2D eigenvalue weighted by molar-refractivity contribution is 0.0405. The second kappa shape index (κ2) is 7.44. The monoisotopic (exact) mass is 409 g/mol. The number of ether oxygens (including phenoxy) is 1. The van der Waals surface area contributed by atoms with Crippen molar-refractivity contribution in [1.82, 2.24) is 15.1 Å². The standard InChI is InChI=1S/C22H20FN3O4/c23-14-5-6-19-15(9-14)18(27)11-21(30-19)13-3-1-7-26(12-13)22(28)17-10-16(24-25-17)20-4-2-8-29-20/h2,4-6,8-10,13,21H,1,3,7,11-12H2,(H,24,25). The van der Waals surface area contributed by atoms with Gasteiger partial charge in [-0.1, -0.05) is 0 Å². The van der Waals surface area contributed by atoms with Gasteiger partial charge in [0.25, 0.3) is 5.91 Å². The quantitative estimate of drug-likeness (QED) is 0.713. The predicted molar refractivity (Wildman–Crippen MR) is 105 cm³/mol. The van der Waals surface area contributed by atoms with Crippen LogP contribution < -0.4 is 4.74 Å². The van der Waals surface area contributed by atoms with Crippen molar-refractivity contribution in [3.63, 3.8) is 0 Å². The van der Waals surface area contributed by atoms with Crippen molar-refractivity contribution < 1.29 is 23.1 Å². The SMILES string of the molecule is O=C1CC(C2CCCN(C(=O)c3cc(-c4ccco4)[nH]n3)C2)Oc2ccc(F)cc21. The van der Waals surface area contributed by atoms with Gasteiger partial charge in [0.2, 0.25) is 0 Å². The Morgan fingerprint density at radius 3 is 3.00 bits per heavy atom. The lowest BCUT2D eigenvalue weighted by atomic mass is 9.86. The van der Waals surface area contributed by atoms with E-state index in [1.54, 1.807) is 29.4 Å². The molecule has 0 saturated carbocycles. The number of furan rings is 1. The lowest BCUT2D eigenvalue weighted by Crippen LogP contribution is -2.46. The van der Waals surface area contributed by atoms with Crippen molar-refractivity contribution in [3.8, 4) is 17.2 Å².